The van der Waals surface area contributed by atoms with E-state index in [1.165, 1.54) is 32.4 Å². The molecule has 2 aliphatic heterocycles. The molecule has 0 saturated carbocycles. The number of piperidine rings is 1. The Morgan fingerprint density at radius 2 is 1.93 bits per heavy atom. The molecule has 2 rings (SSSR count). The SMILES string of the molecule is CC1CC(C)N(C2CCNC(C)C2)C1. The quantitative estimate of drug-likeness (QED) is 0.688. The minimum atomic E-state index is 0.719. The second-order valence-corrected chi connectivity index (χ2v) is 5.42. The van der Waals surface area contributed by atoms with Crippen LogP contribution in [0.25, 0.3) is 0 Å². The Bertz CT molecular complexity index is 193. The Balaban J connectivity index is 1.93. The zero-order valence-corrected chi connectivity index (χ0v) is 9.79. The number of hydrogen-bond donors (Lipinski definition) is 1. The van der Waals surface area contributed by atoms with Crippen molar-refractivity contribution < 1.29 is 0 Å². The van der Waals surface area contributed by atoms with Gasteiger partial charge >= 0.3 is 0 Å². The third-order valence-electron chi connectivity index (χ3n) is 3.90. The number of hydrogen-bond acceptors (Lipinski definition) is 2. The van der Waals surface area contributed by atoms with Gasteiger partial charge in [0.15, 0.2) is 0 Å². The van der Waals surface area contributed by atoms with Gasteiger partial charge in [0.05, 0.1) is 0 Å². The zero-order chi connectivity index (χ0) is 10.1. The fourth-order valence-corrected chi connectivity index (χ4v) is 3.25. The molecular formula is C12H24N2. The molecule has 0 aliphatic carbocycles. The lowest BCUT2D eigenvalue weighted by molar-refractivity contribution is 0.139. The molecule has 2 saturated heterocycles. The minimum absolute atomic E-state index is 0.719. The Morgan fingerprint density at radius 3 is 2.50 bits per heavy atom. The summed E-state index contributed by atoms with van der Waals surface area (Å²) in [5.41, 5.74) is 0. The molecule has 14 heavy (non-hydrogen) atoms. The smallest absolute Gasteiger partial charge is 0.0125 e. The first-order valence-electron chi connectivity index (χ1n) is 6.16. The van der Waals surface area contributed by atoms with Gasteiger partial charge in [0, 0.05) is 24.7 Å². The summed E-state index contributed by atoms with van der Waals surface area (Å²) >= 11 is 0. The van der Waals surface area contributed by atoms with Crippen LogP contribution >= 0.6 is 0 Å². The number of nitrogens with zero attached hydrogens (tertiary/aromatic N) is 1. The van der Waals surface area contributed by atoms with Gasteiger partial charge in [0.25, 0.3) is 0 Å². The van der Waals surface area contributed by atoms with E-state index in [1.54, 1.807) is 0 Å². The second kappa shape index (κ2) is 4.19. The average molecular weight is 196 g/mol. The molecule has 4 unspecified atom stereocenters. The highest BCUT2D eigenvalue weighted by Crippen LogP contribution is 2.28. The van der Waals surface area contributed by atoms with Crippen LogP contribution in [0.2, 0.25) is 0 Å². The monoisotopic (exact) mass is 196 g/mol. The molecule has 82 valence electrons. The van der Waals surface area contributed by atoms with E-state index in [0.717, 1.165) is 24.0 Å². The van der Waals surface area contributed by atoms with E-state index in [2.05, 4.69) is 31.0 Å². The van der Waals surface area contributed by atoms with E-state index in [0.29, 0.717) is 0 Å². The third kappa shape index (κ3) is 2.12. The fourth-order valence-electron chi connectivity index (χ4n) is 3.25. The highest BCUT2D eigenvalue weighted by Gasteiger charge is 2.33. The van der Waals surface area contributed by atoms with Gasteiger partial charge in [-0.15, -0.1) is 0 Å². The molecule has 2 fully saturated rings. The standard InChI is InChI=1S/C12H24N2/c1-9-6-11(3)14(8-9)12-4-5-13-10(2)7-12/h9-13H,4-8H2,1-3H3. The topological polar surface area (TPSA) is 15.3 Å². The van der Waals surface area contributed by atoms with E-state index < -0.39 is 0 Å². The Kier molecular flexibility index (Phi) is 3.13. The maximum absolute atomic E-state index is 3.53. The number of nitrogens with one attached hydrogen (secondary N) is 1. The second-order valence-electron chi connectivity index (χ2n) is 5.42. The lowest BCUT2D eigenvalue weighted by Gasteiger charge is -2.37. The lowest BCUT2D eigenvalue weighted by atomic mass is 9.98. The molecule has 0 spiro atoms. The van der Waals surface area contributed by atoms with Crippen molar-refractivity contribution in [3.05, 3.63) is 0 Å². The van der Waals surface area contributed by atoms with E-state index >= 15 is 0 Å². The summed E-state index contributed by atoms with van der Waals surface area (Å²) in [6, 6.07) is 2.39. The molecule has 1 N–H and O–H groups in total. The molecule has 0 aromatic heterocycles. The highest BCUT2D eigenvalue weighted by molar-refractivity contribution is 4.89. The first-order chi connectivity index (χ1) is 6.66. The van der Waals surface area contributed by atoms with Gasteiger partial charge in [0.2, 0.25) is 0 Å². The predicted molar refractivity (Wildman–Crippen MR) is 60.4 cm³/mol. The van der Waals surface area contributed by atoms with Gasteiger partial charge in [-0.3, -0.25) is 4.90 Å². The van der Waals surface area contributed by atoms with Crippen LogP contribution in [0.15, 0.2) is 0 Å². The summed E-state index contributed by atoms with van der Waals surface area (Å²) in [6.07, 6.45) is 4.09. The van der Waals surface area contributed by atoms with Gasteiger partial charge in [-0.05, 0) is 45.6 Å². The van der Waals surface area contributed by atoms with Crippen molar-refractivity contribution in [3.8, 4) is 0 Å². The molecule has 0 radical (unpaired) electrons. The summed E-state index contributed by atoms with van der Waals surface area (Å²) in [7, 11) is 0. The van der Waals surface area contributed by atoms with Crippen LogP contribution in [0.4, 0.5) is 0 Å². The molecule has 2 nitrogen and oxygen atoms in total. The van der Waals surface area contributed by atoms with Crippen LogP contribution in [0.5, 0.6) is 0 Å². The molecule has 4 atom stereocenters. The van der Waals surface area contributed by atoms with Crippen LogP contribution in [0, 0.1) is 5.92 Å². The first-order valence-corrected chi connectivity index (χ1v) is 6.16. The van der Waals surface area contributed by atoms with Crippen molar-refractivity contribution in [1.82, 2.24) is 10.2 Å². The molecular weight excluding hydrogens is 172 g/mol. The van der Waals surface area contributed by atoms with Crippen LogP contribution in [0.1, 0.15) is 40.0 Å². The summed E-state index contributed by atoms with van der Waals surface area (Å²) in [6.45, 7) is 9.65. The predicted octanol–water partition coefficient (Wildman–Crippen LogP) is 1.86. The van der Waals surface area contributed by atoms with Gasteiger partial charge in [-0.1, -0.05) is 6.92 Å². The van der Waals surface area contributed by atoms with E-state index in [1.807, 2.05) is 0 Å². The number of likely N-dealkylation sites (tertiary alicyclic amines) is 1. The fraction of sp³-hybridized carbons (Fsp3) is 1.00. The molecule has 0 aromatic rings. The molecule has 2 heterocycles. The van der Waals surface area contributed by atoms with E-state index in [9.17, 15) is 0 Å². The minimum Gasteiger partial charge on any atom is -0.314 e. The van der Waals surface area contributed by atoms with Gasteiger partial charge < -0.3 is 5.32 Å². The van der Waals surface area contributed by atoms with Crippen molar-refractivity contribution >= 4 is 0 Å². The summed E-state index contributed by atoms with van der Waals surface area (Å²) < 4.78 is 0. The van der Waals surface area contributed by atoms with Crippen molar-refractivity contribution in [2.24, 2.45) is 5.92 Å². The van der Waals surface area contributed by atoms with Crippen LogP contribution < -0.4 is 5.32 Å². The summed E-state index contributed by atoms with van der Waals surface area (Å²) in [5, 5.41) is 3.53. The van der Waals surface area contributed by atoms with Crippen LogP contribution in [-0.2, 0) is 0 Å². The van der Waals surface area contributed by atoms with Crippen LogP contribution in [-0.4, -0.2) is 36.1 Å². The van der Waals surface area contributed by atoms with Gasteiger partial charge in [0.1, 0.15) is 0 Å². The number of rotatable bonds is 1. The molecule has 2 heteroatoms. The van der Waals surface area contributed by atoms with Crippen molar-refractivity contribution in [3.63, 3.8) is 0 Å². The van der Waals surface area contributed by atoms with Crippen LogP contribution in [0.3, 0.4) is 0 Å². The largest absolute Gasteiger partial charge is 0.314 e. The van der Waals surface area contributed by atoms with Gasteiger partial charge in [-0.25, -0.2) is 0 Å². The summed E-state index contributed by atoms with van der Waals surface area (Å²) in [4.78, 5) is 2.75. The molecule has 0 aromatic carbocycles. The summed E-state index contributed by atoms with van der Waals surface area (Å²) in [5.74, 6) is 0.912. The Morgan fingerprint density at radius 1 is 1.14 bits per heavy atom. The average Bonchev–Trinajstić information content (AvgIpc) is 2.45. The van der Waals surface area contributed by atoms with Gasteiger partial charge in [-0.2, -0.15) is 0 Å². The third-order valence-corrected chi connectivity index (χ3v) is 3.90. The van der Waals surface area contributed by atoms with Crippen molar-refractivity contribution in [2.75, 3.05) is 13.1 Å². The first kappa shape index (κ1) is 10.4. The normalized spacial score (nSPS) is 45.6. The lowest BCUT2D eigenvalue weighted by Crippen LogP contribution is -2.48. The van der Waals surface area contributed by atoms with Crippen molar-refractivity contribution in [2.45, 2.75) is 58.2 Å². The maximum Gasteiger partial charge on any atom is 0.0125 e. The molecule has 0 amide bonds. The zero-order valence-electron chi connectivity index (χ0n) is 9.79. The maximum atomic E-state index is 3.53. The Hall–Kier alpha value is -0.0800. The van der Waals surface area contributed by atoms with E-state index in [-0.39, 0.29) is 0 Å². The Labute approximate surface area is 88.1 Å². The molecule has 0 bridgehead atoms. The van der Waals surface area contributed by atoms with E-state index in [4.69, 9.17) is 0 Å². The highest BCUT2D eigenvalue weighted by atomic mass is 15.2. The molecule has 2 aliphatic rings. The van der Waals surface area contributed by atoms with Crippen molar-refractivity contribution in [1.29, 1.82) is 0 Å².